The smallest absolute Gasteiger partial charge is 0.176 e. The summed E-state index contributed by atoms with van der Waals surface area (Å²) in [7, 11) is 0. The predicted molar refractivity (Wildman–Crippen MR) is 59.8 cm³/mol. The van der Waals surface area contributed by atoms with Crippen LogP contribution in [0.25, 0.3) is 0 Å². The Balaban J connectivity index is 2.41. The highest BCUT2D eigenvalue weighted by atomic mass is 79.9. The maximum atomic E-state index is 4.34. The van der Waals surface area contributed by atoms with E-state index < -0.39 is 0 Å². The number of nitrogens with zero attached hydrogens (tertiary/aromatic N) is 3. The maximum Gasteiger partial charge on any atom is 0.176 e. The molecule has 4 heteroatoms. The van der Waals surface area contributed by atoms with E-state index in [-0.39, 0.29) is 5.08 Å². The van der Waals surface area contributed by atoms with Gasteiger partial charge in [0, 0.05) is 12.6 Å². The van der Waals surface area contributed by atoms with E-state index in [9.17, 15) is 0 Å². The normalized spacial score (nSPS) is 22.1. The summed E-state index contributed by atoms with van der Waals surface area (Å²) in [6, 6.07) is 0.451. The van der Waals surface area contributed by atoms with Gasteiger partial charge in [-0.1, -0.05) is 13.3 Å². The van der Waals surface area contributed by atoms with Gasteiger partial charge in [-0.25, -0.2) is 0 Å². The summed E-state index contributed by atoms with van der Waals surface area (Å²) in [5.74, 6) is 0. The van der Waals surface area contributed by atoms with E-state index in [1.807, 2.05) is 6.34 Å². The minimum absolute atomic E-state index is 0.249. The third-order valence-electron chi connectivity index (χ3n) is 2.12. The van der Waals surface area contributed by atoms with Gasteiger partial charge >= 0.3 is 0 Å². The molecule has 0 radical (unpaired) electrons. The first kappa shape index (κ1) is 10.8. The summed E-state index contributed by atoms with van der Waals surface area (Å²) in [6.07, 6.45) is 4.38. The third-order valence-corrected chi connectivity index (χ3v) is 3.07. The fourth-order valence-corrected chi connectivity index (χ4v) is 2.16. The Morgan fingerprint density at radius 3 is 2.69 bits per heavy atom. The van der Waals surface area contributed by atoms with Gasteiger partial charge in [0.05, 0.1) is 0 Å². The zero-order valence-electron chi connectivity index (χ0n) is 8.57. The Bertz CT molecular complexity index is 182. The van der Waals surface area contributed by atoms with E-state index in [1.54, 1.807) is 0 Å². The van der Waals surface area contributed by atoms with Gasteiger partial charge in [0.15, 0.2) is 5.08 Å². The molecule has 1 unspecified atom stereocenters. The summed E-state index contributed by atoms with van der Waals surface area (Å²) in [4.78, 5) is 2.23. The maximum absolute atomic E-state index is 4.34. The van der Waals surface area contributed by atoms with Crippen molar-refractivity contribution in [3.05, 3.63) is 0 Å². The van der Waals surface area contributed by atoms with Gasteiger partial charge in [-0.3, -0.25) is 5.01 Å². The van der Waals surface area contributed by atoms with Crippen molar-refractivity contribution in [1.82, 2.24) is 9.91 Å². The van der Waals surface area contributed by atoms with E-state index in [2.05, 4.69) is 51.7 Å². The van der Waals surface area contributed by atoms with Crippen LogP contribution in [0.2, 0.25) is 0 Å². The number of hydrogen-bond donors (Lipinski definition) is 0. The number of unbranched alkanes of at least 4 members (excludes halogenated alkanes) is 1. The van der Waals surface area contributed by atoms with Gasteiger partial charge in [-0.15, -0.1) is 0 Å². The van der Waals surface area contributed by atoms with Crippen molar-refractivity contribution in [2.75, 3.05) is 6.54 Å². The predicted octanol–water partition coefficient (Wildman–Crippen LogP) is 2.43. The van der Waals surface area contributed by atoms with E-state index in [0.717, 1.165) is 6.54 Å². The molecule has 0 spiro atoms. The minimum Gasteiger partial charge on any atom is -0.331 e. The monoisotopic (exact) mass is 247 g/mol. The lowest BCUT2D eigenvalue weighted by Gasteiger charge is -2.28. The molecule has 76 valence electrons. The molecule has 0 aliphatic carbocycles. The summed E-state index contributed by atoms with van der Waals surface area (Å²) in [5, 5.41) is 6.65. The molecule has 0 saturated carbocycles. The molecule has 0 aromatic carbocycles. The molecule has 0 aromatic rings. The number of hydrogen-bond acceptors (Lipinski definition) is 3. The molecule has 13 heavy (non-hydrogen) atoms. The van der Waals surface area contributed by atoms with Gasteiger partial charge < -0.3 is 4.90 Å². The van der Waals surface area contributed by atoms with Crippen molar-refractivity contribution in [1.29, 1.82) is 0 Å². The molecule has 0 amide bonds. The molecular formula is C9H18BrN3. The Labute approximate surface area is 88.9 Å². The van der Waals surface area contributed by atoms with E-state index in [4.69, 9.17) is 0 Å². The SMILES string of the molecule is CCCCN1C=NN(C(C)C)C1Br. The van der Waals surface area contributed by atoms with Crippen LogP contribution >= 0.6 is 15.9 Å². The van der Waals surface area contributed by atoms with Crippen molar-refractivity contribution >= 4 is 22.3 Å². The van der Waals surface area contributed by atoms with Crippen LogP contribution < -0.4 is 0 Å². The van der Waals surface area contributed by atoms with Crippen molar-refractivity contribution in [2.45, 2.75) is 44.7 Å². The van der Waals surface area contributed by atoms with Crippen LogP contribution in [0.1, 0.15) is 33.6 Å². The van der Waals surface area contributed by atoms with Crippen molar-refractivity contribution in [2.24, 2.45) is 5.10 Å². The average Bonchev–Trinajstić information content (AvgIpc) is 2.43. The lowest BCUT2D eigenvalue weighted by molar-refractivity contribution is 0.170. The molecule has 1 aliphatic heterocycles. The van der Waals surface area contributed by atoms with Crippen LogP contribution in [0, 0.1) is 0 Å². The molecule has 1 atom stereocenters. The van der Waals surface area contributed by atoms with Crippen molar-refractivity contribution in [3.63, 3.8) is 0 Å². The summed E-state index contributed by atoms with van der Waals surface area (Å²) < 4.78 is 0. The second-order valence-corrected chi connectivity index (χ2v) is 4.43. The van der Waals surface area contributed by atoms with Crippen LogP contribution in [0.15, 0.2) is 5.10 Å². The molecular weight excluding hydrogens is 230 g/mol. The average molecular weight is 248 g/mol. The third kappa shape index (κ3) is 2.59. The Kier molecular flexibility index (Phi) is 4.03. The molecule has 1 heterocycles. The van der Waals surface area contributed by atoms with Crippen molar-refractivity contribution in [3.8, 4) is 0 Å². The van der Waals surface area contributed by atoms with Crippen LogP contribution in [-0.4, -0.2) is 33.9 Å². The lowest BCUT2D eigenvalue weighted by atomic mass is 10.3. The van der Waals surface area contributed by atoms with Crippen LogP contribution in [0.3, 0.4) is 0 Å². The molecule has 0 N–H and O–H groups in total. The Hall–Kier alpha value is -0.250. The van der Waals surface area contributed by atoms with Gasteiger partial charge in [0.1, 0.15) is 6.34 Å². The van der Waals surface area contributed by atoms with Gasteiger partial charge in [0.2, 0.25) is 0 Å². The van der Waals surface area contributed by atoms with E-state index >= 15 is 0 Å². The van der Waals surface area contributed by atoms with Gasteiger partial charge in [0.25, 0.3) is 0 Å². The molecule has 0 bridgehead atoms. The highest BCUT2D eigenvalue weighted by Gasteiger charge is 2.26. The topological polar surface area (TPSA) is 18.8 Å². The highest BCUT2D eigenvalue weighted by Crippen LogP contribution is 2.20. The molecule has 3 nitrogen and oxygen atoms in total. The molecule has 1 rings (SSSR count). The van der Waals surface area contributed by atoms with Crippen LogP contribution in [0.5, 0.6) is 0 Å². The zero-order valence-corrected chi connectivity index (χ0v) is 10.2. The number of alkyl halides is 1. The second-order valence-electron chi connectivity index (χ2n) is 3.61. The molecule has 1 aliphatic rings. The fourth-order valence-electron chi connectivity index (χ4n) is 1.27. The van der Waals surface area contributed by atoms with Gasteiger partial charge in [-0.05, 0) is 36.2 Å². The Morgan fingerprint density at radius 2 is 2.23 bits per heavy atom. The lowest BCUT2D eigenvalue weighted by Crippen LogP contribution is -2.38. The first-order chi connectivity index (χ1) is 6.16. The number of halogens is 1. The van der Waals surface area contributed by atoms with Gasteiger partial charge in [-0.2, -0.15) is 5.10 Å². The minimum atomic E-state index is 0.249. The van der Waals surface area contributed by atoms with Crippen LogP contribution in [-0.2, 0) is 0 Å². The van der Waals surface area contributed by atoms with Crippen LogP contribution in [0.4, 0.5) is 0 Å². The first-order valence-corrected chi connectivity index (χ1v) is 5.80. The number of hydrazone groups is 1. The van der Waals surface area contributed by atoms with E-state index in [1.165, 1.54) is 12.8 Å². The second kappa shape index (κ2) is 4.84. The number of rotatable bonds is 4. The Morgan fingerprint density at radius 1 is 1.54 bits per heavy atom. The molecule has 0 aromatic heterocycles. The fraction of sp³-hybridized carbons (Fsp3) is 0.889. The highest BCUT2D eigenvalue weighted by molar-refractivity contribution is 9.09. The quantitative estimate of drug-likeness (QED) is 0.562. The standard InChI is InChI=1S/C9H18BrN3/c1-4-5-6-12-7-11-13(8(2)3)9(12)10/h7-9H,4-6H2,1-3H3. The zero-order chi connectivity index (χ0) is 9.84. The summed E-state index contributed by atoms with van der Waals surface area (Å²) >= 11 is 3.63. The summed E-state index contributed by atoms with van der Waals surface area (Å²) in [6.45, 7) is 7.58. The molecule has 0 saturated heterocycles. The van der Waals surface area contributed by atoms with E-state index in [0.29, 0.717) is 6.04 Å². The molecule has 0 fully saturated rings. The first-order valence-electron chi connectivity index (χ1n) is 4.89. The largest absolute Gasteiger partial charge is 0.331 e. The summed E-state index contributed by atoms with van der Waals surface area (Å²) in [5.41, 5.74) is 0. The van der Waals surface area contributed by atoms with Crippen molar-refractivity contribution < 1.29 is 0 Å².